The second-order valence-electron chi connectivity index (χ2n) is 5.37. The Kier molecular flexibility index (Phi) is 7.09. The Labute approximate surface area is 121 Å². The van der Waals surface area contributed by atoms with E-state index in [0.717, 1.165) is 11.3 Å². The van der Waals surface area contributed by atoms with Gasteiger partial charge in [0.1, 0.15) is 5.75 Å². The quantitative estimate of drug-likeness (QED) is 0.729. The number of hydrogen-bond acceptors (Lipinski definition) is 3. The van der Waals surface area contributed by atoms with Crippen molar-refractivity contribution in [1.29, 1.82) is 0 Å². The molecule has 0 heterocycles. The lowest BCUT2D eigenvalue weighted by Crippen LogP contribution is -2.29. The van der Waals surface area contributed by atoms with Crippen LogP contribution in [0.2, 0.25) is 0 Å². The van der Waals surface area contributed by atoms with E-state index in [-0.39, 0.29) is 5.92 Å². The second kappa shape index (κ2) is 8.59. The standard InChI is InChI=1S/C16H25NO3/c1-4-20-15-7-5-13(6-8-15)10-17-11-14(16(18)19)9-12(2)3/h5-8,12,14,17H,4,9-11H2,1-3H3,(H,18,19). The molecule has 0 aromatic heterocycles. The average molecular weight is 279 g/mol. The summed E-state index contributed by atoms with van der Waals surface area (Å²) in [5.74, 6) is 0.207. The highest BCUT2D eigenvalue weighted by molar-refractivity contribution is 5.70. The minimum Gasteiger partial charge on any atom is -0.494 e. The fourth-order valence-corrected chi connectivity index (χ4v) is 2.10. The normalized spacial score (nSPS) is 12.4. The van der Waals surface area contributed by atoms with Gasteiger partial charge < -0.3 is 15.2 Å². The Balaban J connectivity index is 2.40. The van der Waals surface area contributed by atoms with Gasteiger partial charge in [0.25, 0.3) is 0 Å². The lowest BCUT2D eigenvalue weighted by atomic mass is 9.97. The van der Waals surface area contributed by atoms with Gasteiger partial charge in [-0.2, -0.15) is 0 Å². The van der Waals surface area contributed by atoms with Crippen molar-refractivity contribution >= 4 is 5.97 Å². The highest BCUT2D eigenvalue weighted by atomic mass is 16.5. The van der Waals surface area contributed by atoms with Gasteiger partial charge in [-0.05, 0) is 37.0 Å². The molecule has 0 aliphatic rings. The molecule has 0 saturated heterocycles. The summed E-state index contributed by atoms with van der Waals surface area (Å²) in [5.41, 5.74) is 1.13. The zero-order chi connectivity index (χ0) is 15.0. The first-order chi connectivity index (χ1) is 9.52. The van der Waals surface area contributed by atoms with Crippen molar-refractivity contribution in [2.75, 3.05) is 13.2 Å². The van der Waals surface area contributed by atoms with Gasteiger partial charge in [-0.15, -0.1) is 0 Å². The predicted octanol–water partition coefficient (Wildman–Crippen LogP) is 2.92. The van der Waals surface area contributed by atoms with E-state index >= 15 is 0 Å². The van der Waals surface area contributed by atoms with Crippen molar-refractivity contribution in [2.24, 2.45) is 11.8 Å². The first-order valence-electron chi connectivity index (χ1n) is 7.18. The Hall–Kier alpha value is -1.55. The van der Waals surface area contributed by atoms with Gasteiger partial charge in [-0.25, -0.2) is 0 Å². The summed E-state index contributed by atoms with van der Waals surface area (Å²) in [6, 6.07) is 7.86. The monoisotopic (exact) mass is 279 g/mol. The molecule has 1 unspecified atom stereocenters. The van der Waals surface area contributed by atoms with Gasteiger partial charge in [0.05, 0.1) is 12.5 Å². The molecule has 112 valence electrons. The van der Waals surface area contributed by atoms with Gasteiger partial charge in [-0.1, -0.05) is 26.0 Å². The zero-order valence-electron chi connectivity index (χ0n) is 12.6. The maximum atomic E-state index is 11.1. The van der Waals surface area contributed by atoms with Crippen LogP contribution in [0.5, 0.6) is 5.75 Å². The van der Waals surface area contributed by atoms with Crippen LogP contribution in [-0.2, 0) is 11.3 Å². The van der Waals surface area contributed by atoms with Crippen molar-refractivity contribution in [2.45, 2.75) is 33.7 Å². The van der Waals surface area contributed by atoms with Crippen molar-refractivity contribution in [3.63, 3.8) is 0 Å². The number of rotatable bonds is 9. The van der Waals surface area contributed by atoms with Crippen molar-refractivity contribution in [3.05, 3.63) is 29.8 Å². The Morgan fingerprint density at radius 1 is 1.30 bits per heavy atom. The van der Waals surface area contributed by atoms with Crippen LogP contribution >= 0.6 is 0 Å². The molecule has 0 aliphatic carbocycles. The van der Waals surface area contributed by atoms with Crippen molar-refractivity contribution in [1.82, 2.24) is 5.32 Å². The molecular formula is C16H25NO3. The van der Waals surface area contributed by atoms with Crippen LogP contribution in [0.4, 0.5) is 0 Å². The molecule has 0 saturated carbocycles. The van der Waals surface area contributed by atoms with Crippen LogP contribution in [0.3, 0.4) is 0 Å². The van der Waals surface area contributed by atoms with E-state index < -0.39 is 5.97 Å². The number of carboxylic acid groups (broad SMARTS) is 1. The minimum atomic E-state index is -0.724. The number of aliphatic carboxylic acids is 1. The highest BCUT2D eigenvalue weighted by Gasteiger charge is 2.18. The second-order valence-corrected chi connectivity index (χ2v) is 5.37. The molecule has 1 aromatic carbocycles. The first kappa shape index (κ1) is 16.5. The van der Waals surface area contributed by atoms with Crippen LogP contribution in [-0.4, -0.2) is 24.2 Å². The van der Waals surface area contributed by atoms with E-state index in [1.807, 2.05) is 45.0 Å². The molecule has 0 amide bonds. The third-order valence-electron chi connectivity index (χ3n) is 3.06. The molecule has 1 atom stereocenters. The van der Waals surface area contributed by atoms with E-state index in [2.05, 4.69) is 5.32 Å². The molecule has 0 fully saturated rings. The third kappa shape index (κ3) is 6.06. The van der Waals surface area contributed by atoms with Crippen LogP contribution in [0.15, 0.2) is 24.3 Å². The summed E-state index contributed by atoms with van der Waals surface area (Å²) in [5, 5.41) is 12.4. The van der Waals surface area contributed by atoms with Crippen LogP contribution < -0.4 is 10.1 Å². The van der Waals surface area contributed by atoms with Gasteiger partial charge in [0.2, 0.25) is 0 Å². The lowest BCUT2D eigenvalue weighted by molar-refractivity contribution is -0.142. The largest absolute Gasteiger partial charge is 0.494 e. The third-order valence-corrected chi connectivity index (χ3v) is 3.06. The van der Waals surface area contributed by atoms with Gasteiger partial charge in [0, 0.05) is 13.1 Å². The lowest BCUT2D eigenvalue weighted by Gasteiger charge is -2.15. The fourth-order valence-electron chi connectivity index (χ4n) is 2.10. The van der Waals surface area contributed by atoms with E-state index in [0.29, 0.717) is 32.0 Å². The SMILES string of the molecule is CCOc1ccc(CNCC(CC(C)C)C(=O)O)cc1. The highest BCUT2D eigenvalue weighted by Crippen LogP contribution is 2.13. The van der Waals surface area contributed by atoms with Crippen LogP contribution in [0.1, 0.15) is 32.8 Å². The molecule has 1 aromatic rings. The number of benzene rings is 1. The summed E-state index contributed by atoms with van der Waals surface area (Å²) in [6.07, 6.45) is 0.700. The summed E-state index contributed by atoms with van der Waals surface area (Å²) < 4.78 is 5.38. The fraction of sp³-hybridized carbons (Fsp3) is 0.562. The van der Waals surface area contributed by atoms with E-state index in [4.69, 9.17) is 9.84 Å². The molecule has 0 spiro atoms. The Bertz CT molecular complexity index is 401. The minimum absolute atomic E-state index is 0.322. The molecule has 0 aliphatic heterocycles. The van der Waals surface area contributed by atoms with E-state index in [1.54, 1.807) is 0 Å². The maximum Gasteiger partial charge on any atom is 0.307 e. The molecule has 4 nitrogen and oxygen atoms in total. The molecule has 1 rings (SSSR count). The van der Waals surface area contributed by atoms with Crippen LogP contribution in [0.25, 0.3) is 0 Å². The van der Waals surface area contributed by atoms with Gasteiger partial charge >= 0.3 is 5.97 Å². The number of hydrogen-bond donors (Lipinski definition) is 2. The molecule has 0 radical (unpaired) electrons. The molecule has 20 heavy (non-hydrogen) atoms. The summed E-state index contributed by atoms with van der Waals surface area (Å²) >= 11 is 0. The topological polar surface area (TPSA) is 58.6 Å². The smallest absolute Gasteiger partial charge is 0.307 e. The Morgan fingerprint density at radius 3 is 2.45 bits per heavy atom. The summed E-state index contributed by atoms with van der Waals surface area (Å²) in [6.45, 7) is 7.88. The molecule has 4 heteroatoms. The predicted molar refractivity (Wildman–Crippen MR) is 79.9 cm³/mol. The number of ether oxygens (including phenoxy) is 1. The molecule has 2 N–H and O–H groups in total. The van der Waals surface area contributed by atoms with Crippen molar-refractivity contribution in [3.8, 4) is 5.75 Å². The Morgan fingerprint density at radius 2 is 1.95 bits per heavy atom. The van der Waals surface area contributed by atoms with E-state index in [9.17, 15) is 4.79 Å². The molecule has 0 bridgehead atoms. The summed E-state index contributed by atoms with van der Waals surface area (Å²) in [7, 11) is 0. The van der Waals surface area contributed by atoms with Crippen molar-refractivity contribution < 1.29 is 14.6 Å². The average Bonchev–Trinajstić information content (AvgIpc) is 2.39. The van der Waals surface area contributed by atoms with Gasteiger partial charge in [-0.3, -0.25) is 4.79 Å². The number of carbonyl (C=O) groups is 1. The van der Waals surface area contributed by atoms with Gasteiger partial charge in [0.15, 0.2) is 0 Å². The molecular weight excluding hydrogens is 254 g/mol. The number of nitrogens with one attached hydrogen (secondary N) is 1. The maximum absolute atomic E-state index is 11.1. The summed E-state index contributed by atoms with van der Waals surface area (Å²) in [4.78, 5) is 11.1. The number of carboxylic acids is 1. The zero-order valence-corrected chi connectivity index (χ0v) is 12.6. The van der Waals surface area contributed by atoms with Crippen LogP contribution in [0, 0.1) is 11.8 Å². The van der Waals surface area contributed by atoms with E-state index in [1.165, 1.54) is 0 Å². The first-order valence-corrected chi connectivity index (χ1v) is 7.18.